The SMILES string of the molecule is COC[C@]12CCN(c3cc(NS(=O)(=O)CCO)ccc3C(=O)Nc3cccn(N4CCC(F)(F)CC4)c3=O)C[C@H]1C2. The van der Waals surface area contributed by atoms with E-state index in [1.165, 1.54) is 34.1 Å². The summed E-state index contributed by atoms with van der Waals surface area (Å²) in [6.45, 7) is 1.42. The molecule has 3 heterocycles. The van der Waals surface area contributed by atoms with E-state index < -0.39 is 39.8 Å². The van der Waals surface area contributed by atoms with Gasteiger partial charge in [0.1, 0.15) is 5.69 Å². The van der Waals surface area contributed by atoms with Crippen LogP contribution in [0.25, 0.3) is 0 Å². The summed E-state index contributed by atoms with van der Waals surface area (Å²) < 4.78 is 61.0. The number of aliphatic hydroxyl groups is 1. The lowest BCUT2D eigenvalue weighted by Gasteiger charge is -2.34. The molecular formula is C27H35F2N5O6S. The maximum absolute atomic E-state index is 13.6. The van der Waals surface area contributed by atoms with E-state index in [1.54, 1.807) is 19.2 Å². The van der Waals surface area contributed by atoms with Crippen LogP contribution < -0.4 is 25.5 Å². The Morgan fingerprint density at radius 2 is 1.93 bits per heavy atom. The summed E-state index contributed by atoms with van der Waals surface area (Å²) in [5.74, 6) is -3.42. The molecule has 41 heavy (non-hydrogen) atoms. The fraction of sp³-hybridized carbons (Fsp3) is 0.556. The molecule has 0 bridgehead atoms. The summed E-state index contributed by atoms with van der Waals surface area (Å²) in [6.07, 6.45) is 2.61. The van der Waals surface area contributed by atoms with Gasteiger partial charge in [0.15, 0.2) is 0 Å². The number of nitrogens with one attached hydrogen (secondary N) is 2. The van der Waals surface area contributed by atoms with Gasteiger partial charge in [-0.1, -0.05) is 0 Å². The van der Waals surface area contributed by atoms with Gasteiger partial charge in [-0.2, -0.15) is 0 Å². The molecule has 1 amide bonds. The van der Waals surface area contributed by atoms with Crippen LogP contribution in [0.5, 0.6) is 0 Å². The zero-order valence-electron chi connectivity index (χ0n) is 22.8. The van der Waals surface area contributed by atoms with Crippen molar-refractivity contribution in [2.24, 2.45) is 11.3 Å². The molecule has 2 atom stereocenters. The summed E-state index contributed by atoms with van der Waals surface area (Å²) in [5.41, 5.74) is 0.594. The van der Waals surface area contributed by atoms with Gasteiger partial charge < -0.3 is 25.1 Å². The van der Waals surface area contributed by atoms with E-state index in [-0.39, 0.29) is 48.3 Å². The number of benzene rings is 1. The largest absolute Gasteiger partial charge is 0.395 e. The lowest BCUT2D eigenvalue weighted by molar-refractivity contribution is -0.0260. The molecule has 1 aromatic heterocycles. The van der Waals surface area contributed by atoms with E-state index in [1.807, 2.05) is 4.90 Å². The second-order valence-electron chi connectivity index (χ2n) is 11.1. The van der Waals surface area contributed by atoms with Crippen LogP contribution in [0.3, 0.4) is 0 Å². The number of pyridine rings is 1. The maximum Gasteiger partial charge on any atom is 0.292 e. The van der Waals surface area contributed by atoms with Crippen LogP contribution in [-0.4, -0.2) is 82.3 Å². The van der Waals surface area contributed by atoms with Crippen molar-refractivity contribution in [3.63, 3.8) is 0 Å². The second-order valence-corrected chi connectivity index (χ2v) is 12.9. The molecule has 11 nitrogen and oxygen atoms in total. The zero-order chi connectivity index (χ0) is 29.4. The standard InChI is InChI=1S/C27H35F2N5O6S/c1-40-18-26-6-10-32(17-19(26)16-26)23-15-20(31-41(38,39)14-13-35)4-5-21(23)24(36)30-22-3-2-9-34(25(22)37)33-11-7-27(28,29)8-12-33/h2-5,9,15,19,31,35H,6-8,10-14,16-18H2,1H3,(H,30,36)/t19-,26-/m1/s1. The van der Waals surface area contributed by atoms with Crippen LogP contribution in [0.2, 0.25) is 0 Å². The number of nitrogens with zero attached hydrogens (tertiary/aromatic N) is 3. The molecule has 3 fully saturated rings. The quantitative estimate of drug-likeness (QED) is 0.380. The van der Waals surface area contributed by atoms with E-state index in [4.69, 9.17) is 9.84 Å². The van der Waals surface area contributed by atoms with Crippen molar-refractivity contribution in [2.75, 3.05) is 72.2 Å². The Morgan fingerprint density at radius 1 is 1.17 bits per heavy atom. The molecule has 3 N–H and O–H groups in total. The van der Waals surface area contributed by atoms with Gasteiger partial charge in [-0.15, -0.1) is 0 Å². The highest BCUT2D eigenvalue weighted by Gasteiger charge is 2.56. The number of alkyl halides is 2. The molecule has 2 aliphatic heterocycles. The Kier molecular flexibility index (Phi) is 8.01. The van der Waals surface area contributed by atoms with E-state index in [0.29, 0.717) is 31.3 Å². The summed E-state index contributed by atoms with van der Waals surface area (Å²) in [7, 11) is -2.11. The number of sulfonamides is 1. The van der Waals surface area contributed by atoms with E-state index in [9.17, 15) is 26.8 Å². The molecule has 5 rings (SSSR count). The number of hydrogen-bond donors (Lipinski definition) is 3. The number of anilines is 3. The fourth-order valence-electron chi connectivity index (χ4n) is 5.89. The molecule has 0 spiro atoms. The zero-order valence-corrected chi connectivity index (χ0v) is 23.6. The Morgan fingerprint density at radius 3 is 2.61 bits per heavy atom. The number of aliphatic hydroxyl groups excluding tert-OH is 1. The monoisotopic (exact) mass is 595 g/mol. The third-order valence-corrected chi connectivity index (χ3v) is 9.55. The summed E-state index contributed by atoms with van der Waals surface area (Å²) in [4.78, 5) is 28.8. The van der Waals surface area contributed by atoms with Gasteiger partial charge in [0.25, 0.3) is 17.4 Å². The van der Waals surface area contributed by atoms with E-state index in [0.717, 1.165) is 12.8 Å². The van der Waals surface area contributed by atoms with Gasteiger partial charge in [-0.25, -0.2) is 21.9 Å². The number of fused-ring (bicyclic) bond motifs is 1. The summed E-state index contributed by atoms with van der Waals surface area (Å²) in [6, 6.07) is 7.57. The van der Waals surface area contributed by atoms with Crippen molar-refractivity contribution < 1.29 is 31.8 Å². The average Bonchev–Trinajstić information content (AvgIpc) is 3.63. The fourth-order valence-corrected chi connectivity index (χ4v) is 6.72. The molecule has 224 valence electrons. The Bertz CT molecular complexity index is 1460. The first-order valence-corrected chi connectivity index (χ1v) is 15.3. The molecule has 2 aromatic rings. The minimum atomic E-state index is -3.79. The second kappa shape index (κ2) is 11.2. The van der Waals surface area contributed by atoms with Crippen molar-refractivity contribution in [3.05, 3.63) is 52.4 Å². The minimum Gasteiger partial charge on any atom is -0.395 e. The van der Waals surface area contributed by atoms with Crippen LogP contribution in [-0.2, 0) is 14.8 Å². The molecule has 1 saturated carbocycles. The average molecular weight is 596 g/mol. The van der Waals surface area contributed by atoms with Gasteiger partial charge in [0.2, 0.25) is 10.0 Å². The Balaban J connectivity index is 1.40. The summed E-state index contributed by atoms with van der Waals surface area (Å²) >= 11 is 0. The molecule has 0 radical (unpaired) electrons. The lowest BCUT2D eigenvalue weighted by Crippen LogP contribution is -2.49. The molecule has 2 saturated heterocycles. The number of hydrogen-bond acceptors (Lipinski definition) is 8. The molecular weight excluding hydrogens is 560 g/mol. The van der Waals surface area contributed by atoms with Crippen LogP contribution >= 0.6 is 0 Å². The highest BCUT2D eigenvalue weighted by Crippen LogP contribution is 2.58. The van der Waals surface area contributed by atoms with Crippen molar-refractivity contribution in [1.82, 2.24) is 4.68 Å². The smallest absolute Gasteiger partial charge is 0.292 e. The van der Waals surface area contributed by atoms with Crippen LogP contribution in [0.1, 0.15) is 36.0 Å². The number of piperidine rings is 2. The number of methoxy groups -OCH3 is 1. The molecule has 0 unspecified atom stereocenters. The Labute approximate surface area is 237 Å². The van der Waals surface area contributed by atoms with Crippen molar-refractivity contribution in [3.8, 4) is 0 Å². The highest BCUT2D eigenvalue weighted by atomic mass is 32.2. The lowest BCUT2D eigenvalue weighted by atomic mass is 9.95. The number of ether oxygens (including phenoxy) is 1. The number of rotatable bonds is 10. The topological polar surface area (TPSA) is 133 Å². The van der Waals surface area contributed by atoms with Crippen LogP contribution in [0, 0.1) is 11.3 Å². The third kappa shape index (κ3) is 6.33. The van der Waals surface area contributed by atoms with Gasteiger partial charge in [0.05, 0.1) is 35.9 Å². The highest BCUT2D eigenvalue weighted by molar-refractivity contribution is 7.92. The summed E-state index contributed by atoms with van der Waals surface area (Å²) in [5, 5.41) is 13.3. The first-order chi connectivity index (χ1) is 19.5. The number of aromatic nitrogens is 1. The molecule has 14 heteroatoms. The predicted molar refractivity (Wildman–Crippen MR) is 151 cm³/mol. The predicted octanol–water partition coefficient (Wildman–Crippen LogP) is 2.06. The van der Waals surface area contributed by atoms with Crippen LogP contribution in [0.15, 0.2) is 41.3 Å². The number of halogens is 2. The number of amides is 1. The minimum absolute atomic E-state index is 0.00277. The van der Waals surface area contributed by atoms with Crippen molar-refractivity contribution in [1.29, 1.82) is 0 Å². The Hall–Kier alpha value is -3.23. The number of carbonyl (C=O) groups excluding carboxylic acids is 1. The van der Waals surface area contributed by atoms with Gasteiger partial charge in [-0.3, -0.25) is 14.3 Å². The maximum atomic E-state index is 13.6. The van der Waals surface area contributed by atoms with E-state index >= 15 is 0 Å². The van der Waals surface area contributed by atoms with Crippen LogP contribution in [0.4, 0.5) is 25.8 Å². The van der Waals surface area contributed by atoms with Gasteiger partial charge in [0, 0.05) is 57.7 Å². The van der Waals surface area contributed by atoms with E-state index in [2.05, 4.69) is 10.0 Å². The number of carbonyl (C=O) groups is 1. The first kappa shape index (κ1) is 29.3. The van der Waals surface area contributed by atoms with Gasteiger partial charge in [-0.05, 0) is 49.1 Å². The first-order valence-electron chi connectivity index (χ1n) is 13.6. The molecule has 1 aliphatic carbocycles. The molecule has 1 aromatic carbocycles. The van der Waals surface area contributed by atoms with Crippen molar-refractivity contribution in [2.45, 2.75) is 31.6 Å². The normalized spacial score (nSPS) is 23.6. The third-order valence-electron chi connectivity index (χ3n) is 8.28. The van der Waals surface area contributed by atoms with Gasteiger partial charge >= 0.3 is 0 Å². The molecule has 3 aliphatic rings. The van der Waals surface area contributed by atoms with Crippen molar-refractivity contribution >= 4 is 33.0 Å².